The van der Waals surface area contributed by atoms with Crippen LogP contribution in [0.5, 0.6) is 0 Å². The molecule has 100 valence electrons. The molecule has 7 heteroatoms. The van der Waals surface area contributed by atoms with E-state index in [1.54, 1.807) is 12.1 Å². The number of hydrogen-bond acceptors (Lipinski definition) is 2. The third kappa shape index (κ3) is 6.02. The number of halogens is 4. The molecule has 0 aromatic heterocycles. The first-order chi connectivity index (χ1) is 8.38. The van der Waals surface area contributed by atoms with Crippen LogP contribution in [0.4, 0.5) is 13.2 Å². The summed E-state index contributed by atoms with van der Waals surface area (Å²) in [4.78, 5) is 11.2. The minimum atomic E-state index is -4.41. The quantitative estimate of drug-likeness (QED) is 0.903. The van der Waals surface area contributed by atoms with Gasteiger partial charge in [0.2, 0.25) is 5.91 Å². The molecule has 0 saturated heterocycles. The van der Waals surface area contributed by atoms with Crippen LogP contribution in [0.25, 0.3) is 0 Å². The topological polar surface area (TPSA) is 38.3 Å². The molecule has 0 atom stereocenters. The molecular formula is C11H11BrF3NO2. The SMILES string of the molecule is O=C(COCC(F)(F)F)NCc1ccccc1Br. The number of amides is 1. The fourth-order valence-corrected chi connectivity index (χ4v) is 1.57. The molecule has 1 rings (SSSR count). The molecule has 1 N–H and O–H groups in total. The monoisotopic (exact) mass is 325 g/mol. The summed E-state index contributed by atoms with van der Waals surface area (Å²) in [5.74, 6) is -0.588. The third-order valence-electron chi connectivity index (χ3n) is 1.93. The van der Waals surface area contributed by atoms with Crippen molar-refractivity contribution in [3.05, 3.63) is 34.3 Å². The first-order valence-corrected chi connectivity index (χ1v) is 5.82. The predicted molar refractivity (Wildman–Crippen MR) is 62.9 cm³/mol. The Morgan fingerprint density at radius 1 is 1.33 bits per heavy atom. The number of ether oxygens (including phenoxy) is 1. The van der Waals surface area contributed by atoms with Crippen LogP contribution in [0.15, 0.2) is 28.7 Å². The molecule has 0 unspecified atom stereocenters. The van der Waals surface area contributed by atoms with Gasteiger partial charge in [-0.05, 0) is 11.6 Å². The van der Waals surface area contributed by atoms with Crippen molar-refractivity contribution >= 4 is 21.8 Å². The van der Waals surface area contributed by atoms with Crippen LogP contribution in [-0.4, -0.2) is 25.3 Å². The van der Waals surface area contributed by atoms with E-state index in [1.165, 1.54) is 0 Å². The fraction of sp³-hybridized carbons (Fsp3) is 0.364. The first kappa shape index (κ1) is 15.0. The second-order valence-electron chi connectivity index (χ2n) is 3.48. The molecular weight excluding hydrogens is 315 g/mol. The van der Waals surface area contributed by atoms with E-state index in [9.17, 15) is 18.0 Å². The van der Waals surface area contributed by atoms with E-state index in [2.05, 4.69) is 26.0 Å². The minimum Gasteiger partial charge on any atom is -0.362 e. The Kier molecular flexibility index (Phi) is 5.61. The van der Waals surface area contributed by atoms with Gasteiger partial charge in [0, 0.05) is 11.0 Å². The molecule has 0 saturated carbocycles. The van der Waals surface area contributed by atoms with Crippen molar-refractivity contribution in [1.82, 2.24) is 5.32 Å². The Morgan fingerprint density at radius 3 is 2.61 bits per heavy atom. The van der Waals surface area contributed by atoms with Crippen molar-refractivity contribution in [2.24, 2.45) is 0 Å². The molecule has 0 spiro atoms. The van der Waals surface area contributed by atoms with Gasteiger partial charge in [0.1, 0.15) is 13.2 Å². The molecule has 0 fully saturated rings. The van der Waals surface area contributed by atoms with Crippen molar-refractivity contribution in [1.29, 1.82) is 0 Å². The summed E-state index contributed by atoms with van der Waals surface area (Å²) in [7, 11) is 0. The van der Waals surface area contributed by atoms with Crippen LogP contribution in [0.2, 0.25) is 0 Å². The summed E-state index contributed by atoms with van der Waals surface area (Å²) in [6.07, 6.45) is -4.41. The lowest BCUT2D eigenvalue weighted by Gasteiger charge is -2.09. The number of carbonyl (C=O) groups excluding carboxylic acids is 1. The van der Waals surface area contributed by atoms with E-state index in [0.29, 0.717) is 0 Å². The molecule has 0 bridgehead atoms. The molecule has 0 radical (unpaired) electrons. The molecule has 0 heterocycles. The lowest BCUT2D eigenvalue weighted by molar-refractivity contribution is -0.175. The van der Waals surface area contributed by atoms with Gasteiger partial charge in [0.05, 0.1) is 0 Å². The van der Waals surface area contributed by atoms with Crippen molar-refractivity contribution in [3.8, 4) is 0 Å². The van der Waals surface area contributed by atoms with Gasteiger partial charge in [-0.3, -0.25) is 4.79 Å². The zero-order valence-electron chi connectivity index (χ0n) is 9.26. The van der Waals surface area contributed by atoms with E-state index in [1.807, 2.05) is 12.1 Å². The third-order valence-corrected chi connectivity index (χ3v) is 2.71. The largest absolute Gasteiger partial charge is 0.411 e. The lowest BCUT2D eigenvalue weighted by Crippen LogP contribution is -2.29. The summed E-state index contributed by atoms with van der Waals surface area (Å²) in [6, 6.07) is 7.22. The second kappa shape index (κ2) is 6.75. The normalized spacial score (nSPS) is 11.3. The van der Waals surface area contributed by atoms with Gasteiger partial charge in [-0.25, -0.2) is 0 Å². The predicted octanol–water partition coefficient (Wildman–Crippen LogP) is 2.64. The van der Waals surface area contributed by atoms with E-state index >= 15 is 0 Å². The van der Waals surface area contributed by atoms with E-state index in [-0.39, 0.29) is 6.54 Å². The van der Waals surface area contributed by atoms with Gasteiger partial charge in [-0.2, -0.15) is 13.2 Å². The van der Waals surface area contributed by atoms with Gasteiger partial charge in [-0.15, -0.1) is 0 Å². The standard InChI is InChI=1S/C11H11BrF3NO2/c12-9-4-2-1-3-8(9)5-16-10(17)6-18-7-11(13,14)15/h1-4H,5-7H2,(H,16,17). The number of carbonyl (C=O) groups is 1. The Balaban J connectivity index is 2.28. The summed E-state index contributed by atoms with van der Waals surface area (Å²) in [5.41, 5.74) is 0.835. The molecule has 0 aliphatic carbocycles. The second-order valence-corrected chi connectivity index (χ2v) is 4.33. The average Bonchev–Trinajstić information content (AvgIpc) is 2.26. The van der Waals surface area contributed by atoms with Crippen LogP contribution >= 0.6 is 15.9 Å². The van der Waals surface area contributed by atoms with Crippen molar-refractivity contribution in [3.63, 3.8) is 0 Å². The smallest absolute Gasteiger partial charge is 0.362 e. The number of rotatable bonds is 5. The lowest BCUT2D eigenvalue weighted by atomic mass is 10.2. The maximum absolute atomic E-state index is 11.7. The van der Waals surface area contributed by atoms with Gasteiger partial charge >= 0.3 is 6.18 Å². The Hall–Kier alpha value is -1.08. The minimum absolute atomic E-state index is 0.232. The van der Waals surface area contributed by atoms with E-state index in [4.69, 9.17) is 0 Å². The fourth-order valence-electron chi connectivity index (χ4n) is 1.15. The Labute approximate surface area is 110 Å². The summed E-state index contributed by atoms with van der Waals surface area (Å²) in [6.45, 7) is -1.80. The molecule has 18 heavy (non-hydrogen) atoms. The highest BCUT2D eigenvalue weighted by atomic mass is 79.9. The maximum atomic E-state index is 11.7. The highest BCUT2D eigenvalue weighted by Gasteiger charge is 2.27. The number of hydrogen-bond donors (Lipinski definition) is 1. The number of nitrogens with one attached hydrogen (secondary N) is 1. The average molecular weight is 326 g/mol. The molecule has 1 amide bonds. The van der Waals surface area contributed by atoms with Crippen LogP contribution in [0.3, 0.4) is 0 Å². The van der Waals surface area contributed by atoms with Crippen molar-refractivity contribution in [2.45, 2.75) is 12.7 Å². The van der Waals surface area contributed by atoms with E-state index in [0.717, 1.165) is 10.0 Å². The van der Waals surface area contributed by atoms with Crippen molar-refractivity contribution < 1.29 is 22.7 Å². The van der Waals surface area contributed by atoms with Gasteiger partial charge < -0.3 is 10.1 Å². The van der Waals surface area contributed by atoms with Crippen LogP contribution in [0, 0.1) is 0 Å². The highest BCUT2D eigenvalue weighted by Crippen LogP contribution is 2.15. The van der Waals surface area contributed by atoms with Crippen molar-refractivity contribution in [2.75, 3.05) is 13.2 Å². The van der Waals surface area contributed by atoms with Gasteiger partial charge in [-0.1, -0.05) is 34.1 Å². The van der Waals surface area contributed by atoms with Crippen LogP contribution in [-0.2, 0) is 16.1 Å². The highest BCUT2D eigenvalue weighted by molar-refractivity contribution is 9.10. The van der Waals surface area contributed by atoms with Crippen LogP contribution < -0.4 is 5.32 Å². The maximum Gasteiger partial charge on any atom is 0.411 e. The van der Waals surface area contributed by atoms with Crippen LogP contribution in [0.1, 0.15) is 5.56 Å². The molecule has 0 aliphatic heterocycles. The van der Waals surface area contributed by atoms with E-state index < -0.39 is 25.3 Å². The molecule has 1 aromatic carbocycles. The molecule has 0 aliphatic rings. The summed E-state index contributed by atoms with van der Waals surface area (Å²) in [5, 5.41) is 2.46. The zero-order valence-corrected chi connectivity index (χ0v) is 10.8. The van der Waals surface area contributed by atoms with Gasteiger partial charge in [0.25, 0.3) is 0 Å². The summed E-state index contributed by atoms with van der Waals surface area (Å²) >= 11 is 3.29. The molecule has 1 aromatic rings. The Morgan fingerprint density at radius 2 is 2.00 bits per heavy atom. The zero-order chi connectivity index (χ0) is 13.6. The number of alkyl halides is 3. The number of benzene rings is 1. The van der Waals surface area contributed by atoms with Gasteiger partial charge in [0.15, 0.2) is 0 Å². The summed E-state index contributed by atoms with van der Waals surface area (Å²) < 4.78 is 40.3. The Bertz CT molecular complexity index is 410. The molecule has 3 nitrogen and oxygen atoms in total. The first-order valence-electron chi connectivity index (χ1n) is 5.03.